The molecule has 1 fully saturated rings. The third-order valence-electron chi connectivity index (χ3n) is 6.98. The van der Waals surface area contributed by atoms with E-state index < -0.39 is 5.97 Å². The van der Waals surface area contributed by atoms with Gasteiger partial charge in [0, 0.05) is 11.5 Å². The highest BCUT2D eigenvalue weighted by Crippen LogP contribution is 2.61. The van der Waals surface area contributed by atoms with Gasteiger partial charge in [0.1, 0.15) is 0 Å². The molecular formula is C20H32O4. The molecule has 2 aliphatic rings. The van der Waals surface area contributed by atoms with Crippen LogP contribution in [-0.2, 0) is 4.79 Å². The third-order valence-corrected chi connectivity index (χ3v) is 6.98. The van der Waals surface area contributed by atoms with Crippen LogP contribution in [0.5, 0.6) is 0 Å². The minimum Gasteiger partial charge on any atom is -0.478 e. The number of fused-ring (bicyclic) bond motifs is 1. The molecule has 2 aliphatic carbocycles. The van der Waals surface area contributed by atoms with Crippen molar-refractivity contribution in [2.45, 2.75) is 59.3 Å². The molecule has 3 N–H and O–H groups in total. The van der Waals surface area contributed by atoms with Gasteiger partial charge in [0.25, 0.3) is 0 Å². The van der Waals surface area contributed by atoms with Crippen LogP contribution in [0.3, 0.4) is 0 Å². The fourth-order valence-electron chi connectivity index (χ4n) is 5.25. The van der Waals surface area contributed by atoms with E-state index in [4.69, 9.17) is 5.11 Å². The van der Waals surface area contributed by atoms with Crippen LogP contribution in [-0.4, -0.2) is 34.5 Å². The van der Waals surface area contributed by atoms with Gasteiger partial charge in [-0.3, -0.25) is 0 Å². The van der Waals surface area contributed by atoms with Crippen molar-refractivity contribution in [2.24, 2.45) is 22.7 Å². The van der Waals surface area contributed by atoms with Gasteiger partial charge in [-0.05, 0) is 68.3 Å². The topological polar surface area (TPSA) is 77.8 Å². The van der Waals surface area contributed by atoms with Crippen molar-refractivity contribution in [1.82, 2.24) is 0 Å². The summed E-state index contributed by atoms with van der Waals surface area (Å²) in [5, 5.41) is 29.0. The number of aliphatic hydroxyl groups excluding tert-OH is 2. The maximum atomic E-state index is 10.9. The summed E-state index contributed by atoms with van der Waals surface area (Å²) in [6.07, 6.45) is 9.07. The Morgan fingerprint density at radius 2 is 2.08 bits per heavy atom. The van der Waals surface area contributed by atoms with Gasteiger partial charge < -0.3 is 15.3 Å². The molecule has 4 nitrogen and oxygen atoms in total. The Morgan fingerprint density at radius 1 is 1.38 bits per heavy atom. The maximum Gasteiger partial charge on any atom is 0.328 e. The lowest BCUT2D eigenvalue weighted by atomic mass is 9.46. The summed E-state index contributed by atoms with van der Waals surface area (Å²) in [5.41, 5.74) is 1.66. The number of carboxylic acid groups (broad SMARTS) is 1. The molecule has 136 valence electrons. The zero-order valence-corrected chi connectivity index (χ0v) is 15.2. The molecule has 24 heavy (non-hydrogen) atoms. The normalized spacial score (nSPS) is 36.9. The van der Waals surface area contributed by atoms with Crippen LogP contribution in [0.4, 0.5) is 0 Å². The first kappa shape index (κ1) is 19.2. The highest BCUT2D eigenvalue weighted by atomic mass is 16.4. The summed E-state index contributed by atoms with van der Waals surface area (Å²) in [6.45, 7) is 6.59. The Morgan fingerprint density at radius 3 is 2.67 bits per heavy atom. The van der Waals surface area contributed by atoms with Gasteiger partial charge in [-0.2, -0.15) is 0 Å². The van der Waals surface area contributed by atoms with Crippen LogP contribution in [0.1, 0.15) is 59.3 Å². The van der Waals surface area contributed by atoms with E-state index in [0.717, 1.165) is 49.7 Å². The minimum absolute atomic E-state index is 0.0272. The number of carboxylic acids is 1. The third kappa shape index (κ3) is 3.31. The average Bonchev–Trinajstić information content (AvgIpc) is 2.55. The molecule has 0 bridgehead atoms. The Hall–Kier alpha value is -1.13. The Balaban J connectivity index is 2.30. The molecule has 0 aromatic heterocycles. The molecular weight excluding hydrogens is 304 g/mol. The van der Waals surface area contributed by atoms with Gasteiger partial charge in [-0.15, -0.1) is 0 Å². The highest BCUT2D eigenvalue weighted by molar-refractivity contribution is 5.80. The van der Waals surface area contributed by atoms with Crippen LogP contribution in [0, 0.1) is 22.7 Å². The van der Waals surface area contributed by atoms with E-state index in [1.807, 2.05) is 6.92 Å². The van der Waals surface area contributed by atoms with E-state index in [-0.39, 0.29) is 24.0 Å². The van der Waals surface area contributed by atoms with Crippen LogP contribution in [0.2, 0.25) is 0 Å². The van der Waals surface area contributed by atoms with Crippen molar-refractivity contribution in [2.75, 3.05) is 13.2 Å². The summed E-state index contributed by atoms with van der Waals surface area (Å²) < 4.78 is 0. The van der Waals surface area contributed by atoms with Crippen LogP contribution in [0.25, 0.3) is 0 Å². The van der Waals surface area contributed by atoms with Gasteiger partial charge in [-0.1, -0.05) is 25.5 Å². The van der Waals surface area contributed by atoms with E-state index in [1.54, 1.807) is 0 Å². The number of hydrogen-bond acceptors (Lipinski definition) is 3. The molecule has 4 atom stereocenters. The molecule has 0 saturated heterocycles. The van der Waals surface area contributed by atoms with Crippen molar-refractivity contribution in [3.63, 3.8) is 0 Å². The zero-order chi connectivity index (χ0) is 18.0. The molecule has 0 heterocycles. The first-order chi connectivity index (χ1) is 11.3. The summed E-state index contributed by atoms with van der Waals surface area (Å²) in [5.74, 6) is -0.0245. The van der Waals surface area contributed by atoms with Crippen molar-refractivity contribution in [3.8, 4) is 0 Å². The first-order valence-corrected chi connectivity index (χ1v) is 9.11. The van der Waals surface area contributed by atoms with Gasteiger partial charge in [0.2, 0.25) is 0 Å². The van der Waals surface area contributed by atoms with Gasteiger partial charge in [-0.25, -0.2) is 4.79 Å². The highest BCUT2D eigenvalue weighted by Gasteiger charge is 2.55. The van der Waals surface area contributed by atoms with Gasteiger partial charge in [0.15, 0.2) is 0 Å². The predicted molar refractivity (Wildman–Crippen MR) is 94.5 cm³/mol. The summed E-state index contributed by atoms with van der Waals surface area (Å²) in [4.78, 5) is 10.9. The largest absolute Gasteiger partial charge is 0.478 e. The van der Waals surface area contributed by atoms with E-state index >= 15 is 0 Å². The molecule has 0 unspecified atom stereocenters. The van der Waals surface area contributed by atoms with Crippen LogP contribution < -0.4 is 0 Å². The molecule has 0 aromatic rings. The Bertz CT molecular complexity index is 536. The molecule has 2 rings (SSSR count). The second-order valence-electron chi connectivity index (χ2n) is 8.11. The molecule has 0 spiro atoms. The van der Waals surface area contributed by atoms with E-state index in [9.17, 15) is 15.0 Å². The fourth-order valence-corrected chi connectivity index (χ4v) is 5.25. The second-order valence-corrected chi connectivity index (χ2v) is 8.11. The number of aliphatic carboxylic acids is 1. The fraction of sp³-hybridized carbons (Fsp3) is 0.750. The standard InChI is InChI=1S/C20H32O4/c1-14(11-18(23)24)7-9-19(3)15(2)8-10-20(13-22)16(12-21)5-4-6-17(19)20/h5,11,15,17,21-22H,4,6-10,12-13H2,1-3H3,(H,23,24)/b14-11+/t15-,17-,19+,20-/m1/s1. The smallest absolute Gasteiger partial charge is 0.328 e. The Kier molecular flexibility index (Phi) is 5.92. The van der Waals surface area contributed by atoms with E-state index in [2.05, 4.69) is 19.9 Å². The lowest BCUT2D eigenvalue weighted by Gasteiger charge is -2.59. The number of carbonyl (C=O) groups is 1. The van der Waals surface area contributed by atoms with Crippen LogP contribution >= 0.6 is 0 Å². The average molecular weight is 336 g/mol. The second kappa shape index (κ2) is 7.40. The molecule has 0 radical (unpaired) electrons. The molecule has 4 heteroatoms. The van der Waals surface area contributed by atoms with E-state index in [1.165, 1.54) is 6.08 Å². The van der Waals surface area contributed by atoms with Gasteiger partial charge in [0.05, 0.1) is 13.2 Å². The predicted octanol–water partition coefficient (Wildman–Crippen LogP) is 3.54. The van der Waals surface area contributed by atoms with Crippen molar-refractivity contribution in [1.29, 1.82) is 0 Å². The quantitative estimate of drug-likeness (QED) is 0.512. The minimum atomic E-state index is -0.887. The molecule has 1 saturated carbocycles. The lowest BCUT2D eigenvalue weighted by Crippen LogP contribution is -2.53. The van der Waals surface area contributed by atoms with Crippen molar-refractivity contribution in [3.05, 3.63) is 23.3 Å². The zero-order valence-electron chi connectivity index (χ0n) is 15.2. The molecule has 0 amide bonds. The van der Waals surface area contributed by atoms with Crippen molar-refractivity contribution < 1.29 is 20.1 Å². The molecule has 0 aliphatic heterocycles. The summed E-state index contributed by atoms with van der Waals surface area (Å²) >= 11 is 0. The maximum absolute atomic E-state index is 10.9. The first-order valence-electron chi connectivity index (χ1n) is 9.11. The lowest BCUT2D eigenvalue weighted by molar-refractivity contribution is -0.131. The van der Waals surface area contributed by atoms with Gasteiger partial charge >= 0.3 is 5.97 Å². The van der Waals surface area contributed by atoms with E-state index in [0.29, 0.717) is 11.8 Å². The monoisotopic (exact) mass is 336 g/mol. The SMILES string of the molecule is C/C(=C\C(=O)O)CC[C@@]1(C)[C@H](C)CC[C@@]2(CO)C(CO)=CCC[C@@H]21. The number of allylic oxidation sites excluding steroid dienone is 2. The number of rotatable bonds is 6. The molecule has 0 aromatic carbocycles. The summed E-state index contributed by atoms with van der Waals surface area (Å²) in [6, 6.07) is 0. The summed E-state index contributed by atoms with van der Waals surface area (Å²) in [7, 11) is 0. The van der Waals surface area contributed by atoms with Crippen LogP contribution in [0.15, 0.2) is 23.3 Å². The number of aliphatic hydroxyl groups is 2. The van der Waals surface area contributed by atoms with Crippen molar-refractivity contribution >= 4 is 5.97 Å². The number of hydrogen-bond donors (Lipinski definition) is 3. The Labute approximate surface area is 145 Å².